The van der Waals surface area contributed by atoms with Crippen LogP contribution >= 0.6 is 0 Å². The third-order valence-electron chi connectivity index (χ3n) is 2.40. The summed E-state index contributed by atoms with van der Waals surface area (Å²) >= 11 is 0. The van der Waals surface area contributed by atoms with E-state index in [0.717, 1.165) is 5.39 Å². The van der Waals surface area contributed by atoms with Gasteiger partial charge in [0.25, 0.3) is 0 Å². The van der Waals surface area contributed by atoms with Crippen LogP contribution in [0.2, 0.25) is 0 Å². The Labute approximate surface area is 99.2 Å². The van der Waals surface area contributed by atoms with Crippen LogP contribution in [0, 0.1) is 5.92 Å². The average Bonchev–Trinajstić information content (AvgIpc) is 2.71. The molecule has 0 amide bonds. The Kier molecular flexibility index (Phi) is 3.04. The van der Waals surface area contributed by atoms with Gasteiger partial charge in [-0.05, 0) is 18.1 Å². The zero-order valence-corrected chi connectivity index (χ0v) is 9.86. The lowest BCUT2D eigenvalue weighted by molar-refractivity contribution is 0.0453. The monoisotopic (exact) mass is 233 g/mol. The zero-order chi connectivity index (χ0) is 12.4. The van der Waals surface area contributed by atoms with Crippen molar-refractivity contribution in [3.8, 4) is 5.75 Å². The molecular weight excluding hydrogens is 218 g/mol. The van der Waals surface area contributed by atoms with Crippen molar-refractivity contribution in [3.05, 3.63) is 30.0 Å². The maximum Gasteiger partial charge on any atom is 0.354 e. The minimum Gasteiger partial charge on any atom is -0.506 e. The van der Waals surface area contributed by atoms with Gasteiger partial charge in [0.15, 0.2) is 0 Å². The van der Waals surface area contributed by atoms with Gasteiger partial charge >= 0.3 is 5.97 Å². The van der Waals surface area contributed by atoms with Crippen LogP contribution in [0.5, 0.6) is 5.75 Å². The van der Waals surface area contributed by atoms with Crippen LogP contribution in [0.25, 0.3) is 10.9 Å². The number of H-pyrrole nitrogens is 1. The summed E-state index contributed by atoms with van der Waals surface area (Å²) in [6.45, 7) is 4.34. The summed E-state index contributed by atoms with van der Waals surface area (Å²) in [5, 5.41) is 10.4. The third-order valence-corrected chi connectivity index (χ3v) is 2.40. The van der Waals surface area contributed by atoms with Crippen LogP contribution < -0.4 is 0 Å². The molecule has 4 heteroatoms. The largest absolute Gasteiger partial charge is 0.506 e. The van der Waals surface area contributed by atoms with Crippen molar-refractivity contribution in [2.45, 2.75) is 13.8 Å². The molecule has 0 aliphatic carbocycles. The highest BCUT2D eigenvalue weighted by molar-refractivity contribution is 5.96. The lowest BCUT2D eigenvalue weighted by Gasteiger charge is -2.05. The van der Waals surface area contributed by atoms with Crippen molar-refractivity contribution < 1.29 is 14.6 Å². The fourth-order valence-electron chi connectivity index (χ4n) is 1.57. The van der Waals surface area contributed by atoms with Crippen molar-refractivity contribution in [2.75, 3.05) is 6.61 Å². The van der Waals surface area contributed by atoms with E-state index in [1.54, 1.807) is 18.2 Å². The highest BCUT2D eigenvalue weighted by atomic mass is 16.5. The summed E-state index contributed by atoms with van der Waals surface area (Å²) in [7, 11) is 0. The number of rotatable bonds is 3. The van der Waals surface area contributed by atoms with E-state index in [1.807, 2.05) is 19.9 Å². The highest BCUT2D eigenvalue weighted by Gasteiger charge is 2.12. The smallest absolute Gasteiger partial charge is 0.354 e. The molecule has 1 aromatic carbocycles. The number of hydrogen-bond donors (Lipinski definition) is 2. The van der Waals surface area contributed by atoms with Crippen molar-refractivity contribution in [1.29, 1.82) is 0 Å². The number of fused-ring (bicyclic) bond motifs is 1. The van der Waals surface area contributed by atoms with Gasteiger partial charge in [0.1, 0.15) is 11.4 Å². The molecule has 0 unspecified atom stereocenters. The summed E-state index contributed by atoms with van der Waals surface area (Å²) in [4.78, 5) is 14.6. The van der Waals surface area contributed by atoms with Gasteiger partial charge in [-0.1, -0.05) is 26.0 Å². The predicted octanol–water partition coefficient (Wildman–Crippen LogP) is 2.69. The van der Waals surface area contributed by atoms with Crippen molar-refractivity contribution >= 4 is 16.9 Å². The minimum absolute atomic E-state index is 0.130. The molecule has 17 heavy (non-hydrogen) atoms. The number of para-hydroxylation sites is 1. The molecule has 2 aromatic rings. The predicted molar refractivity (Wildman–Crippen MR) is 65.1 cm³/mol. The number of aromatic amines is 1. The molecule has 90 valence electrons. The van der Waals surface area contributed by atoms with Crippen molar-refractivity contribution in [2.24, 2.45) is 5.92 Å². The quantitative estimate of drug-likeness (QED) is 0.801. The van der Waals surface area contributed by atoms with E-state index in [-0.39, 0.29) is 5.75 Å². The maximum atomic E-state index is 11.7. The molecule has 4 nitrogen and oxygen atoms in total. The van der Waals surface area contributed by atoms with E-state index in [0.29, 0.717) is 23.7 Å². The van der Waals surface area contributed by atoms with E-state index in [9.17, 15) is 9.90 Å². The summed E-state index contributed by atoms with van der Waals surface area (Å²) < 4.78 is 5.11. The fourth-order valence-corrected chi connectivity index (χ4v) is 1.57. The number of ether oxygens (including phenoxy) is 1. The minimum atomic E-state index is -0.394. The normalized spacial score (nSPS) is 11.0. The van der Waals surface area contributed by atoms with Crippen LogP contribution in [-0.4, -0.2) is 22.7 Å². The van der Waals surface area contributed by atoms with Crippen LogP contribution in [0.3, 0.4) is 0 Å². The zero-order valence-electron chi connectivity index (χ0n) is 9.86. The van der Waals surface area contributed by atoms with Gasteiger partial charge in [0, 0.05) is 5.39 Å². The van der Waals surface area contributed by atoms with Gasteiger partial charge in [0.2, 0.25) is 0 Å². The Balaban J connectivity index is 2.24. The number of carbonyl (C=O) groups is 1. The van der Waals surface area contributed by atoms with Gasteiger partial charge in [0.05, 0.1) is 12.1 Å². The van der Waals surface area contributed by atoms with Crippen LogP contribution in [0.1, 0.15) is 24.3 Å². The molecule has 0 spiro atoms. The van der Waals surface area contributed by atoms with Crippen LogP contribution in [0.15, 0.2) is 24.3 Å². The third kappa shape index (κ3) is 2.41. The second-order valence-corrected chi connectivity index (χ2v) is 4.42. The number of aromatic nitrogens is 1. The van der Waals surface area contributed by atoms with E-state index in [4.69, 9.17) is 4.74 Å². The molecule has 0 atom stereocenters. The summed E-state index contributed by atoms with van der Waals surface area (Å²) in [5.74, 6) is 0.0384. The molecule has 0 saturated carbocycles. The number of phenols is 1. The second-order valence-electron chi connectivity index (χ2n) is 4.42. The first-order valence-electron chi connectivity index (χ1n) is 5.55. The number of phenolic OH excluding ortho intramolecular Hbond substituents is 1. The number of aromatic hydroxyl groups is 1. The molecule has 0 fully saturated rings. The molecule has 1 heterocycles. The topological polar surface area (TPSA) is 62.3 Å². The number of benzene rings is 1. The van der Waals surface area contributed by atoms with E-state index in [2.05, 4.69) is 4.98 Å². The maximum absolute atomic E-state index is 11.7. The summed E-state index contributed by atoms with van der Waals surface area (Å²) in [5.41, 5.74) is 0.922. The number of hydrogen-bond acceptors (Lipinski definition) is 3. The highest BCUT2D eigenvalue weighted by Crippen LogP contribution is 2.24. The van der Waals surface area contributed by atoms with Crippen molar-refractivity contribution in [1.82, 2.24) is 4.98 Å². The second kappa shape index (κ2) is 4.49. The molecule has 0 aliphatic heterocycles. The van der Waals surface area contributed by atoms with Crippen LogP contribution in [0.4, 0.5) is 0 Å². The van der Waals surface area contributed by atoms with Gasteiger partial charge in [-0.25, -0.2) is 4.79 Å². The first kappa shape index (κ1) is 11.5. The first-order chi connectivity index (χ1) is 8.08. The van der Waals surface area contributed by atoms with Crippen molar-refractivity contribution in [3.63, 3.8) is 0 Å². The molecule has 0 aliphatic rings. The Morgan fingerprint density at radius 1 is 1.47 bits per heavy atom. The number of carbonyl (C=O) groups excluding carboxylic acids is 1. The molecule has 2 rings (SSSR count). The first-order valence-corrected chi connectivity index (χ1v) is 5.55. The molecule has 0 saturated heterocycles. The average molecular weight is 233 g/mol. The lowest BCUT2D eigenvalue weighted by Crippen LogP contribution is -2.10. The molecule has 1 aromatic heterocycles. The Morgan fingerprint density at radius 3 is 2.88 bits per heavy atom. The van der Waals surface area contributed by atoms with E-state index in [1.165, 1.54) is 0 Å². The Hall–Kier alpha value is -1.97. The molecule has 0 bridgehead atoms. The number of esters is 1. The molecular formula is C13H15NO3. The van der Waals surface area contributed by atoms with Gasteiger partial charge in [-0.3, -0.25) is 0 Å². The van der Waals surface area contributed by atoms with E-state index < -0.39 is 5.97 Å². The standard InChI is InChI=1S/C13H15NO3/c1-8(2)7-17-13(16)10-6-9-4-3-5-11(15)12(9)14-10/h3-6,8,14-15H,7H2,1-2H3. The Morgan fingerprint density at radius 2 is 2.24 bits per heavy atom. The van der Waals surface area contributed by atoms with Gasteiger partial charge < -0.3 is 14.8 Å². The lowest BCUT2D eigenvalue weighted by atomic mass is 10.2. The van der Waals surface area contributed by atoms with E-state index >= 15 is 0 Å². The molecule has 2 N–H and O–H groups in total. The summed E-state index contributed by atoms with van der Waals surface area (Å²) in [6.07, 6.45) is 0. The fraction of sp³-hybridized carbons (Fsp3) is 0.308. The SMILES string of the molecule is CC(C)COC(=O)c1cc2cccc(O)c2[nH]1. The van der Waals surface area contributed by atoms with Gasteiger partial charge in [-0.2, -0.15) is 0 Å². The summed E-state index contributed by atoms with van der Waals surface area (Å²) in [6, 6.07) is 6.80. The van der Waals surface area contributed by atoms with Gasteiger partial charge in [-0.15, -0.1) is 0 Å². The molecule has 0 radical (unpaired) electrons. The number of nitrogens with one attached hydrogen (secondary N) is 1. The van der Waals surface area contributed by atoms with Crippen LogP contribution in [-0.2, 0) is 4.74 Å². The Bertz CT molecular complexity index is 543.